The molecule has 0 atom stereocenters. The van der Waals surface area contributed by atoms with E-state index in [1.807, 2.05) is 23.8 Å². The number of ether oxygens (including phenoxy) is 3. The number of nitrogens with one attached hydrogen (secondary N) is 2. The van der Waals surface area contributed by atoms with Gasteiger partial charge in [0.1, 0.15) is 17.3 Å². The lowest BCUT2D eigenvalue weighted by molar-refractivity contribution is 0.0629. The standard InChI is InChI=1S/C28H30FN5O3/c1-19-16-34(17-31-19)24-9-4-20(25-26(24)37-18-36-25)15-21-3-2-12-30-27(21)33-28(10-13-35-14-11-28)32-23-7-5-22(29)6-8-23/h4-9,15-17,32H,2-3,10-14,18H2,1H3,(H,30,33)/b21-15+. The third-order valence-electron chi connectivity index (χ3n) is 6.93. The van der Waals surface area contributed by atoms with Crippen LogP contribution < -0.4 is 20.1 Å². The predicted octanol–water partition coefficient (Wildman–Crippen LogP) is 4.83. The molecule has 0 aliphatic carbocycles. The number of rotatable bonds is 5. The van der Waals surface area contributed by atoms with Gasteiger partial charge >= 0.3 is 0 Å². The van der Waals surface area contributed by atoms with Gasteiger partial charge in [-0.05, 0) is 67.8 Å². The summed E-state index contributed by atoms with van der Waals surface area (Å²) in [6.45, 7) is 4.21. The van der Waals surface area contributed by atoms with Crippen LogP contribution in [0.4, 0.5) is 10.1 Å². The molecule has 192 valence electrons. The first-order valence-corrected chi connectivity index (χ1v) is 12.7. The van der Waals surface area contributed by atoms with Gasteiger partial charge in [0.05, 0.1) is 30.9 Å². The Balaban J connectivity index is 1.35. The number of imidazole rings is 1. The smallest absolute Gasteiger partial charge is 0.231 e. The molecule has 4 heterocycles. The molecule has 37 heavy (non-hydrogen) atoms. The summed E-state index contributed by atoms with van der Waals surface area (Å²) in [5.74, 6) is 2.05. The van der Waals surface area contributed by atoms with Gasteiger partial charge in [-0.2, -0.15) is 0 Å². The van der Waals surface area contributed by atoms with Crippen molar-refractivity contribution in [2.24, 2.45) is 4.99 Å². The minimum absolute atomic E-state index is 0.181. The van der Waals surface area contributed by atoms with Crippen LogP contribution in [0.3, 0.4) is 0 Å². The van der Waals surface area contributed by atoms with Crippen molar-refractivity contribution in [1.82, 2.24) is 14.9 Å². The number of nitrogens with zero attached hydrogens (tertiary/aromatic N) is 3. The van der Waals surface area contributed by atoms with Crippen LogP contribution in [0.15, 0.2) is 59.5 Å². The fourth-order valence-corrected chi connectivity index (χ4v) is 5.02. The Kier molecular flexibility index (Phi) is 6.30. The molecule has 2 N–H and O–H groups in total. The first-order chi connectivity index (χ1) is 18.1. The van der Waals surface area contributed by atoms with E-state index in [0.29, 0.717) is 31.8 Å². The van der Waals surface area contributed by atoms with Gasteiger partial charge in [0, 0.05) is 36.8 Å². The summed E-state index contributed by atoms with van der Waals surface area (Å²) in [6.07, 6.45) is 9.23. The summed E-state index contributed by atoms with van der Waals surface area (Å²) in [5.41, 5.74) is 4.19. The van der Waals surface area contributed by atoms with Crippen molar-refractivity contribution < 1.29 is 18.6 Å². The van der Waals surface area contributed by atoms with E-state index in [-0.39, 0.29) is 12.6 Å². The Bertz CT molecular complexity index is 1340. The largest absolute Gasteiger partial charge is 0.453 e. The number of amidine groups is 1. The third-order valence-corrected chi connectivity index (χ3v) is 6.93. The molecule has 0 radical (unpaired) electrons. The van der Waals surface area contributed by atoms with E-state index in [4.69, 9.17) is 19.2 Å². The molecule has 1 aromatic heterocycles. The van der Waals surface area contributed by atoms with Crippen LogP contribution in [0.5, 0.6) is 11.5 Å². The highest BCUT2D eigenvalue weighted by Gasteiger charge is 2.34. The van der Waals surface area contributed by atoms with E-state index in [2.05, 4.69) is 27.8 Å². The number of aliphatic imine (C=N–C) groups is 1. The Morgan fingerprint density at radius 2 is 1.92 bits per heavy atom. The number of benzene rings is 2. The summed E-state index contributed by atoms with van der Waals surface area (Å²) in [7, 11) is 0. The van der Waals surface area contributed by atoms with Crippen LogP contribution in [0.2, 0.25) is 0 Å². The number of hydrogen-bond donors (Lipinski definition) is 2. The number of anilines is 1. The van der Waals surface area contributed by atoms with Crippen LogP contribution >= 0.6 is 0 Å². The van der Waals surface area contributed by atoms with E-state index in [9.17, 15) is 4.39 Å². The summed E-state index contributed by atoms with van der Waals surface area (Å²) >= 11 is 0. The predicted molar refractivity (Wildman–Crippen MR) is 140 cm³/mol. The van der Waals surface area contributed by atoms with E-state index in [1.54, 1.807) is 18.5 Å². The SMILES string of the molecule is Cc1cn(-c2ccc(/C=C3\CCCN\C3=N/C3(Nc4ccc(F)cc4)CCOCC3)c3c2OCO3)cn1. The topological polar surface area (TPSA) is 81.9 Å². The van der Waals surface area contributed by atoms with E-state index >= 15 is 0 Å². The van der Waals surface area contributed by atoms with Crippen molar-refractivity contribution >= 4 is 17.6 Å². The van der Waals surface area contributed by atoms with Gasteiger partial charge in [0.15, 0.2) is 11.5 Å². The van der Waals surface area contributed by atoms with Crippen LogP contribution in [0, 0.1) is 12.7 Å². The van der Waals surface area contributed by atoms with Crippen LogP contribution in [0.25, 0.3) is 11.8 Å². The highest BCUT2D eigenvalue weighted by molar-refractivity contribution is 6.03. The lowest BCUT2D eigenvalue weighted by atomic mass is 9.97. The number of halogens is 1. The van der Waals surface area contributed by atoms with Gasteiger partial charge in [-0.25, -0.2) is 14.4 Å². The van der Waals surface area contributed by atoms with Crippen molar-refractivity contribution in [1.29, 1.82) is 0 Å². The first kappa shape index (κ1) is 23.5. The quantitative estimate of drug-likeness (QED) is 0.519. The van der Waals surface area contributed by atoms with Gasteiger partial charge < -0.3 is 29.4 Å². The maximum atomic E-state index is 13.5. The molecule has 8 nitrogen and oxygen atoms in total. The zero-order valence-corrected chi connectivity index (χ0v) is 20.8. The maximum absolute atomic E-state index is 13.5. The molecular weight excluding hydrogens is 473 g/mol. The van der Waals surface area contributed by atoms with Crippen molar-refractivity contribution in [2.75, 3.05) is 31.9 Å². The number of hydrogen-bond acceptors (Lipinski definition) is 6. The van der Waals surface area contributed by atoms with Crippen molar-refractivity contribution in [3.05, 3.63) is 71.6 Å². The average Bonchev–Trinajstić information content (AvgIpc) is 3.57. The highest BCUT2D eigenvalue weighted by Crippen LogP contribution is 2.42. The molecule has 6 rings (SSSR count). The monoisotopic (exact) mass is 503 g/mol. The second-order valence-electron chi connectivity index (χ2n) is 9.60. The zero-order valence-electron chi connectivity index (χ0n) is 20.8. The lowest BCUT2D eigenvalue weighted by Gasteiger charge is -2.37. The minimum atomic E-state index is -0.542. The van der Waals surface area contributed by atoms with Gasteiger partial charge in [-0.1, -0.05) is 0 Å². The Labute approximate surface area is 215 Å². The van der Waals surface area contributed by atoms with Crippen molar-refractivity contribution in [3.63, 3.8) is 0 Å². The third kappa shape index (κ3) is 4.91. The number of aromatic nitrogens is 2. The number of aryl methyl sites for hydroxylation is 1. The molecule has 0 amide bonds. The van der Waals surface area contributed by atoms with E-state index < -0.39 is 5.66 Å². The summed E-state index contributed by atoms with van der Waals surface area (Å²) in [5, 5.41) is 7.09. The van der Waals surface area contributed by atoms with Gasteiger partial charge in [-0.3, -0.25) is 0 Å². The van der Waals surface area contributed by atoms with Crippen LogP contribution in [-0.2, 0) is 4.74 Å². The molecular formula is C28H30FN5O3. The van der Waals surface area contributed by atoms with Crippen molar-refractivity contribution in [2.45, 2.75) is 38.3 Å². The summed E-state index contributed by atoms with van der Waals surface area (Å²) < 4.78 is 32.9. The highest BCUT2D eigenvalue weighted by atomic mass is 19.1. The Morgan fingerprint density at radius 1 is 1.11 bits per heavy atom. The normalized spacial score (nSPS) is 20.7. The number of piperidine rings is 1. The maximum Gasteiger partial charge on any atom is 0.231 e. The lowest BCUT2D eigenvalue weighted by Crippen LogP contribution is -2.45. The van der Waals surface area contributed by atoms with Crippen LogP contribution in [-0.4, -0.2) is 47.6 Å². The number of fused-ring (bicyclic) bond motifs is 1. The molecule has 0 bridgehead atoms. The zero-order chi connectivity index (χ0) is 25.2. The summed E-state index contributed by atoms with van der Waals surface area (Å²) in [4.78, 5) is 9.59. The first-order valence-electron chi connectivity index (χ1n) is 12.7. The second kappa shape index (κ2) is 9.89. The van der Waals surface area contributed by atoms with E-state index in [1.165, 1.54) is 12.1 Å². The molecule has 0 unspecified atom stereocenters. The fourth-order valence-electron chi connectivity index (χ4n) is 5.02. The molecule has 0 saturated carbocycles. The Hall–Kier alpha value is -3.85. The molecule has 3 aliphatic rings. The molecule has 2 saturated heterocycles. The summed E-state index contributed by atoms with van der Waals surface area (Å²) in [6, 6.07) is 10.5. The molecule has 2 aromatic carbocycles. The van der Waals surface area contributed by atoms with Gasteiger partial charge in [0.2, 0.25) is 6.79 Å². The molecule has 9 heteroatoms. The molecule has 0 spiro atoms. The van der Waals surface area contributed by atoms with E-state index in [0.717, 1.165) is 59.2 Å². The second-order valence-corrected chi connectivity index (χ2v) is 9.60. The Morgan fingerprint density at radius 3 is 2.70 bits per heavy atom. The van der Waals surface area contributed by atoms with Crippen molar-refractivity contribution in [3.8, 4) is 17.2 Å². The molecule has 2 fully saturated rings. The fraction of sp³-hybridized carbons (Fsp3) is 0.357. The minimum Gasteiger partial charge on any atom is -0.453 e. The van der Waals surface area contributed by atoms with Gasteiger partial charge in [0.25, 0.3) is 0 Å². The van der Waals surface area contributed by atoms with Gasteiger partial charge in [-0.15, -0.1) is 0 Å². The molecule has 3 aliphatic heterocycles. The van der Waals surface area contributed by atoms with Crippen LogP contribution in [0.1, 0.15) is 36.9 Å². The molecule has 3 aromatic rings. The average molecular weight is 504 g/mol.